The quantitative estimate of drug-likeness (QED) is 0.819. The van der Waals surface area contributed by atoms with Gasteiger partial charge in [0.15, 0.2) is 0 Å². The molecule has 0 amide bonds. The SMILES string of the molecule is O=S(=O)(NC(F)C(F)F)c1cccs1. The van der Waals surface area contributed by atoms with E-state index >= 15 is 0 Å². The second-order valence-electron chi connectivity index (χ2n) is 2.29. The molecule has 1 atom stereocenters. The Morgan fingerprint density at radius 2 is 2.00 bits per heavy atom. The standard InChI is InChI=1S/C6H6F3NO2S2/c7-5(8)6(9)10-14(11,12)4-2-1-3-13-4/h1-3,5-6,10H. The number of thiophene rings is 1. The Labute approximate surface area is 82.6 Å². The third kappa shape index (κ3) is 2.69. The van der Waals surface area contributed by atoms with E-state index in [9.17, 15) is 21.6 Å². The van der Waals surface area contributed by atoms with Crippen molar-refractivity contribution in [3.05, 3.63) is 17.5 Å². The van der Waals surface area contributed by atoms with Gasteiger partial charge < -0.3 is 0 Å². The lowest BCUT2D eigenvalue weighted by Crippen LogP contribution is -2.36. The first-order chi connectivity index (χ1) is 6.43. The van der Waals surface area contributed by atoms with Crippen molar-refractivity contribution in [1.29, 1.82) is 0 Å². The first-order valence-corrected chi connectivity index (χ1v) is 5.78. The zero-order chi connectivity index (χ0) is 10.8. The fraction of sp³-hybridized carbons (Fsp3) is 0.333. The molecule has 0 spiro atoms. The van der Waals surface area contributed by atoms with Crippen molar-refractivity contribution in [2.75, 3.05) is 0 Å². The molecule has 3 nitrogen and oxygen atoms in total. The van der Waals surface area contributed by atoms with Gasteiger partial charge >= 0.3 is 0 Å². The Morgan fingerprint density at radius 1 is 1.36 bits per heavy atom. The molecule has 0 fully saturated rings. The van der Waals surface area contributed by atoms with E-state index < -0.39 is 22.7 Å². The van der Waals surface area contributed by atoms with Crippen LogP contribution in [0.15, 0.2) is 21.7 Å². The van der Waals surface area contributed by atoms with Crippen molar-refractivity contribution in [3.8, 4) is 0 Å². The third-order valence-corrected chi connectivity index (χ3v) is 4.06. The second kappa shape index (κ2) is 4.28. The van der Waals surface area contributed by atoms with Crippen LogP contribution in [0.5, 0.6) is 0 Å². The zero-order valence-corrected chi connectivity index (χ0v) is 8.29. The Hall–Kier alpha value is -0.600. The van der Waals surface area contributed by atoms with E-state index in [0.29, 0.717) is 0 Å². The van der Waals surface area contributed by atoms with Gasteiger partial charge in [-0.25, -0.2) is 21.6 Å². The molecule has 14 heavy (non-hydrogen) atoms. The molecule has 80 valence electrons. The van der Waals surface area contributed by atoms with E-state index in [4.69, 9.17) is 0 Å². The Morgan fingerprint density at radius 3 is 2.43 bits per heavy atom. The number of sulfonamides is 1. The summed E-state index contributed by atoms with van der Waals surface area (Å²) in [6.45, 7) is 0. The highest BCUT2D eigenvalue weighted by molar-refractivity contribution is 7.91. The number of nitrogens with one attached hydrogen (secondary N) is 1. The van der Waals surface area contributed by atoms with Crippen LogP contribution in [-0.4, -0.2) is 21.1 Å². The van der Waals surface area contributed by atoms with E-state index in [0.717, 1.165) is 11.3 Å². The van der Waals surface area contributed by atoms with Crippen LogP contribution < -0.4 is 4.72 Å². The molecule has 0 saturated heterocycles. The van der Waals surface area contributed by atoms with Crippen molar-refractivity contribution >= 4 is 21.4 Å². The number of hydrogen-bond acceptors (Lipinski definition) is 3. The maximum absolute atomic E-state index is 12.4. The first kappa shape index (κ1) is 11.5. The molecule has 0 aromatic carbocycles. The van der Waals surface area contributed by atoms with Crippen LogP contribution in [-0.2, 0) is 10.0 Å². The molecule has 1 aromatic rings. The lowest BCUT2D eigenvalue weighted by molar-refractivity contribution is 0.0440. The maximum atomic E-state index is 12.4. The van der Waals surface area contributed by atoms with E-state index in [-0.39, 0.29) is 4.21 Å². The highest BCUT2D eigenvalue weighted by atomic mass is 32.2. The van der Waals surface area contributed by atoms with Crippen molar-refractivity contribution in [1.82, 2.24) is 4.72 Å². The maximum Gasteiger partial charge on any atom is 0.283 e. The van der Waals surface area contributed by atoms with Gasteiger partial charge in [0.05, 0.1) is 0 Å². The van der Waals surface area contributed by atoms with Gasteiger partial charge in [0, 0.05) is 0 Å². The van der Waals surface area contributed by atoms with Crippen molar-refractivity contribution in [3.63, 3.8) is 0 Å². The minimum atomic E-state index is -4.15. The summed E-state index contributed by atoms with van der Waals surface area (Å²) in [7, 11) is -4.15. The van der Waals surface area contributed by atoms with Gasteiger partial charge in [-0.2, -0.15) is 4.72 Å². The van der Waals surface area contributed by atoms with Gasteiger partial charge in [0.1, 0.15) is 4.21 Å². The molecule has 0 bridgehead atoms. The summed E-state index contributed by atoms with van der Waals surface area (Å²) in [4.78, 5) is 0. The van der Waals surface area contributed by atoms with Crippen molar-refractivity contribution < 1.29 is 21.6 Å². The molecule has 1 unspecified atom stereocenters. The minimum Gasteiger partial charge on any atom is -0.223 e. The lowest BCUT2D eigenvalue weighted by Gasteiger charge is -2.08. The summed E-state index contributed by atoms with van der Waals surface area (Å²) in [6.07, 6.45) is -6.24. The van der Waals surface area contributed by atoms with E-state index in [2.05, 4.69) is 0 Å². The number of halogens is 3. The molecule has 1 rings (SSSR count). The van der Waals surface area contributed by atoms with Crippen LogP contribution in [0.4, 0.5) is 13.2 Å². The van der Waals surface area contributed by atoms with Gasteiger partial charge in [-0.3, -0.25) is 0 Å². The predicted octanol–water partition coefficient (Wildman–Crippen LogP) is 1.59. The van der Waals surface area contributed by atoms with Gasteiger partial charge in [-0.1, -0.05) is 6.07 Å². The average Bonchev–Trinajstić information content (AvgIpc) is 2.54. The van der Waals surface area contributed by atoms with E-state index in [1.165, 1.54) is 22.2 Å². The molecular formula is C6H6F3NO2S2. The summed E-state index contributed by atoms with van der Waals surface area (Å²) in [6, 6.07) is 2.63. The fourth-order valence-corrected chi connectivity index (χ4v) is 2.71. The molecule has 1 aromatic heterocycles. The van der Waals surface area contributed by atoms with Crippen molar-refractivity contribution in [2.45, 2.75) is 16.9 Å². The largest absolute Gasteiger partial charge is 0.283 e. The number of alkyl halides is 3. The second-order valence-corrected chi connectivity index (χ2v) is 5.18. The number of hydrogen-bond donors (Lipinski definition) is 1. The van der Waals surface area contributed by atoms with Gasteiger partial charge in [0.2, 0.25) is 6.30 Å². The molecule has 0 radical (unpaired) electrons. The van der Waals surface area contributed by atoms with E-state index in [1.54, 1.807) is 0 Å². The molecule has 0 aliphatic rings. The van der Waals surface area contributed by atoms with Gasteiger partial charge in [-0.15, -0.1) is 11.3 Å². The zero-order valence-electron chi connectivity index (χ0n) is 6.65. The van der Waals surface area contributed by atoms with Gasteiger partial charge in [0.25, 0.3) is 16.4 Å². The van der Waals surface area contributed by atoms with Crippen LogP contribution >= 0.6 is 11.3 Å². The topological polar surface area (TPSA) is 46.2 Å². The third-order valence-electron chi connectivity index (χ3n) is 1.25. The van der Waals surface area contributed by atoms with Crippen LogP contribution in [0.2, 0.25) is 0 Å². The molecule has 0 saturated carbocycles. The molecule has 8 heteroatoms. The molecule has 0 aliphatic carbocycles. The predicted molar refractivity (Wildman–Crippen MR) is 45.5 cm³/mol. The van der Waals surface area contributed by atoms with Crippen LogP contribution in [0, 0.1) is 0 Å². The monoisotopic (exact) mass is 245 g/mol. The fourth-order valence-electron chi connectivity index (χ4n) is 0.674. The average molecular weight is 245 g/mol. The van der Waals surface area contributed by atoms with Crippen LogP contribution in [0.25, 0.3) is 0 Å². The van der Waals surface area contributed by atoms with E-state index in [1.807, 2.05) is 0 Å². The van der Waals surface area contributed by atoms with Crippen LogP contribution in [0.1, 0.15) is 0 Å². The summed E-state index contributed by atoms with van der Waals surface area (Å²) < 4.78 is 59.1. The number of rotatable bonds is 4. The Balaban J connectivity index is 2.79. The molecular weight excluding hydrogens is 239 g/mol. The van der Waals surface area contributed by atoms with Crippen molar-refractivity contribution in [2.24, 2.45) is 0 Å². The highest BCUT2D eigenvalue weighted by Gasteiger charge is 2.26. The summed E-state index contributed by atoms with van der Waals surface area (Å²) in [5.41, 5.74) is 0. The van der Waals surface area contributed by atoms with Crippen LogP contribution in [0.3, 0.4) is 0 Å². The minimum absolute atomic E-state index is 0.194. The molecule has 0 aliphatic heterocycles. The normalized spacial score (nSPS) is 14.6. The first-order valence-electron chi connectivity index (χ1n) is 3.41. The lowest BCUT2D eigenvalue weighted by atomic mass is 10.7. The summed E-state index contributed by atoms with van der Waals surface area (Å²) in [5, 5.41) is 1.45. The summed E-state index contributed by atoms with van der Waals surface area (Å²) >= 11 is 0.822. The Bertz CT molecular complexity index is 376. The smallest absolute Gasteiger partial charge is 0.223 e. The Kier molecular flexibility index (Phi) is 3.51. The van der Waals surface area contributed by atoms with Gasteiger partial charge in [-0.05, 0) is 11.4 Å². The molecule has 1 heterocycles. The highest BCUT2D eigenvalue weighted by Crippen LogP contribution is 2.17. The molecule has 1 N–H and O–H groups in total. The summed E-state index contributed by atoms with van der Waals surface area (Å²) in [5.74, 6) is 0.